The second-order valence-corrected chi connectivity index (χ2v) is 8.86. The summed E-state index contributed by atoms with van der Waals surface area (Å²) < 4.78 is 5.36. The predicted molar refractivity (Wildman–Crippen MR) is 109 cm³/mol. The molecule has 1 aromatic rings. The Bertz CT molecular complexity index is 749. The Hall–Kier alpha value is -2.41. The Balaban J connectivity index is 1.65. The van der Waals surface area contributed by atoms with E-state index in [1.165, 1.54) is 5.56 Å². The van der Waals surface area contributed by atoms with Crippen molar-refractivity contribution in [2.75, 3.05) is 26.2 Å². The highest BCUT2D eigenvalue weighted by Crippen LogP contribution is 2.32. The van der Waals surface area contributed by atoms with E-state index in [9.17, 15) is 14.4 Å². The van der Waals surface area contributed by atoms with Crippen LogP contribution in [0, 0.1) is 0 Å². The quantitative estimate of drug-likeness (QED) is 0.760. The van der Waals surface area contributed by atoms with Crippen LogP contribution in [-0.4, -0.2) is 64.9 Å². The Morgan fingerprint density at radius 3 is 2.41 bits per heavy atom. The lowest BCUT2D eigenvalue weighted by atomic mass is 9.82. The zero-order chi connectivity index (χ0) is 21.1. The van der Waals surface area contributed by atoms with Crippen LogP contribution in [0.1, 0.15) is 45.6 Å². The second kappa shape index (κ2) is 8.53. The van der Waals surface area contributed by atoms with Crippen molar-refractivity contribution in [3.63, 3.8) is 0 Å². The van der Waals surface area contributed by atoms with Crippen LogP contribution in [0.15, 0.2) is 30.3 Å². The number of ether oxygens (including phenoxy) is 1. The molecule has 2 amide bonds. The molecule has 7 nitrogen and oxygen atoms in total. The molecule has 1 N–H and O–H groups in total. The van der Waals surface area contributed by atoms with Gasteiger partial charge in [0.1, 0.15) is 11.1 Å². The van der Waals surface area contributed by atoms with Crippen LogP contribution in [0.5, 0.6) is 0 Å². The fraction of sp³-hybridized carbons (Fsp3) is 0.591. The minimum absolute atomic E-state index is 0.0113. The molecule has 0 unspecified atom stereocenters. The molecule has 0 radical (unpaired) electrons. The number of rotatable bonds is 5. The van der Waals surface area contributed by atoms with Gasteiger partial charge < -0.3 is 15.0 Å². The summed E-state index contributed by atoms with van der Waals surface area (Å²) in [5, 5.41) is 2.75. The molecule has 2 fully saturated rings. The van der Waals surface area contributed by atoms with E-state index in [1.807, 2.05) is 39.0 Å². The lowest BCUT2D eigenvalue weighted by Crippen LogP contribution is -2.70. The van der Waals surface area contributed by atoms with Gasteiger partial charge in [-0.15, -0.1) is 0 Å². The molecular weight excluding hydrogens is 370 g/mol. The highest BCUT2D eigenvalue weighted by atomic mass is 16.6. The Labute approximate surface area is 172 Å². The molecular formula is C22H31N3O4. The number of piperazine rings is 1. The number of nitrogens with one attached hydrogen (secondary N) is 1. The third-order valence-electron chi connectivity index (χ3n) is 5.53. The van der Waals surface area contributed by atoms with Gasteiger partial charge in [0, 0.05) is 26.2 Å². The zero-order valence-electron chi connectivity index (χ0n) is 17.6. The van der Waals surface area contributed by atoms with Crippen molar-refractivity contribution in [3.05, 3.63) is 35.9 Å². The van der Waals surface area contributed by atoms with Crippen molar-refractivity contribution in [2.45, 2.75) is 57.7 Å². The summed E-state index contributed by atoms with van der Waals surface area (Å²) in [6, 6.07) is 10.2. The van der Waals surface area contributed by atoms with Crippen LogP contribution in [0.2, 0.25) is 0 Å². The maximum Gasteiger partial charge on any atom is 0.308 e. The minimum atomic E-state index is -0.871. The number of hydrogen-bond acceptors (Lipinski definition) is 5. The summed E-state index contributed by atoms with van der Waals surface area (Å²) in [5.74, 6) is -0.599. The van der Waals surface area contributed by atoms with E-state index in [0.717, 1.165) is 19.6 Å². The molecule has 1 aromatic carbocycles. The molecule has 29 heavy (non-hydrogen) atoms. The topological polar surface area (TPSA) is 79.0 Å². The molecule has 158 valence electrons. The van der Waals surface area contributed by atoms with E-state index in [4.69, 9.17) is 4.74 Å². The Kier molecular flexibility index (Phi) is 6.27. The first-order valence-electron chi connectivity index (χ1n) is 10.3. The van der Waals surface area contributed by atoms with Crippen LogP contribution in [-0.2, 0) is 25.7 Å². The maximum atomic E-state index is 12.8. The molecule has 1 spiro atoms. The summed E-state index contributed by atoms with van der Waals surface area (Å²) in [4.78, 5) is 41.5. The molecule has 3 rings (SSSR count). The van der Waals surface area contributed by atoms with E-state index in [0.29, 0.717) is 12.8 Å². The van der Waals surface area contributed by atoms with Crippen LogP contribution in [0.3, 0.4) is 0 Å². The van der Waals surface area contributed by atoms with Crippen molar-refractivity contribution < 1.29 is 19.1 Å². The van der Waals surface area contributed by atoms with Gasteiger partial charge in [-0.3, -0.25) is 19.3 Å². The molecule has 0 saturated carbocycles. The number of piperidine rings is 1. The lowest BCUT2D eigenvalue weighted by molar-refractivity contribution is -0.162. The number of nitrogens with zero attached hydrogens (tertiary/aromatic N) is 2. The molecule has 7 heteroatoms. The maximum absolute atomic E-state index is 12.8. The zero-order valence-corrected chi connectivity index (χ0v) is 17.6. The van der Waals surface area contributed by atoms with Gasteiger partial charge in [-0.05, 0) is 39.2 Å². The average Bonchev–Trinajstić information content (AvgIpc) is 2.66. The predicted octanol–water partition coefficient (Wildman–Crippen LogP) is 1.71. The Morgan fingerprint density at radius 1 is 1.14 bits per heavy atom. The number of likely N-dealkylation sites (tertiary alicyclic amines) is 1. The van der Waals surface area contributed by atoms with Crippen molar-refractivity contribution in [3.8, 4) is 0 Å². The molecule has 2 heterocycles. The molecule has 0 bridgehead atoms. The highest BCUT2D eigenvalue weighted by molar-refractivity contribution is 5.98. The SMILES string of the molecule is CC(C)(C)OC(=O)CCN1C(=O)CNC(=O)C12CCN(Cc1ccccc1)CC2. The van der Waals surface area contributed by atoms with E-state index in [2.05, 4.69) is 22.3 Å². The standard InChI is InChI=1S/C22H31N3O4/c1-21(2,3)29-19(27)9-12-25-18(26)15-23-20(28)22(25)10-13-24(14-11-22)16-17-7-5-4-6-8-17/h4-8H,9-16H2,1-3H3,(H,23,28). The number of benzene rings is 1. The fourth-order valence-corrected chi connectivity index (χ4v) is 4.13. The first kappa shape index (κ1) is 21.3. The number of amides is 2. The number of esters is 1. The summed E-state index contributed by atoms with van der Waals surface area (Å²) >= 11 is 0. The van der Waals surface area contributed by atoms with E-state index in [1.54, 1.807) is 4.90 Å². The van der Waals surface area contributed by atoms with E-state index in [-0.39, 0.29) is 37.3 Å². The third-order valence-corrected chi connectivity index (χ3v) is 5.53. The van der Waals surface area contributed by atoms with Crippen LogP contribution in [0.25, 0.3) is 0 Å². The monoisotopic (exact) mass is 401 g/mol. The lowest BCUT2D eigenvalue weighted by Gasteiger charge is -2.49. The fourth-order valence-electron chi connectivity index (χ4n) is 4.13. The molecule has 2 aliphatic rings. The molecule has 2 saturated heterocycles. The van der Waals surface area contributed by atoms with Crippen molar-refractivity contribution in [1.82, 2.24) is 15.1 Å². The minimum Gasteiger partial charge on any atom is -0.460 e. The molecule has 0 atom stereocenters. The smallest absolute Gasteiger partial charge is 0.308 e. The van der Waals surface area contributed by atoms with Gasteiger partial charge in [-0.2, -0.15) is 0 Å². The van der Waals surface area contributed by atoms with Crippen molar-refractivity contribution in [1.29, 1.82) is 0 Å². The Morgan fingerprint density at radius 2 is 1.79 bits per heavy atom. The summed E-state index contributed by atoms with van der Waals surface area (Å²) in [5.41, 5.74) is -0.208. The largest absolute Gasteiger partial charge is 0.460 e. The van der Waals surface area contributed by atoms with Crippen LogP contribution in [0.4, 0.5) is 0 Å². The van der Waals surface area contributed by atoms with Gasteiger partial charge in [0.25, 0.3) is 0 Å². The van der Waals surface area contributed by atoms with Gasteiger partial charge in [-0.25, -0.2) is 0 Å². The first-order chi connectivity index (χ1) is 13.7. The van der Waals surface area contributed by atoms with Gasteiger partial charge in [0.2, 0.25) is 11.8 Å². The van der Waals surface area contributed by atoms with Gasteiger partial charge in [0.05, 0.1) is 13.0 Å². The molecule has 0 aliphatic carbocycles. The summed E-state index contributed by atoms with van der Waals surface area (Å²) in [6.07, 6.45) is 1.21. The van der Waals surface area contributed by atoms with Gasteiger partial charge in [-0.1, -0.05) is 30.3 Å². The highest BCUT2D eigenvalue weighted by Gasteiger charge is 2.50. The third kappa shape index (κ3) is 5.15. The second-order valence-electron chi connectivity index (χ2n) is 8.86. The van der Waals surface area contributed by atoms with E-state index < -0.39 is 11.1 Å². The number of hydrogen-bond donors (Lipinski definition) is 1. The number of carbonyl (C=O) groups is 3. The summed E-state index contributed by atoms with van der Waals surface area (Å²) in [6.45, 7) is 7.90. The first-order valence-corrected chi connectivity index (χ1v) is 10.3. The molecule has 2 aliphatic heterocycles. The van der Waals surface area contributed by atoms with Crippen LogP contribution >= 0.6 is 0 Å². The summed E-state index contributed by atoms with van der Waals surface area (Å²) in [7, 11) is 0. The average molecular weight is 402 g/mol. The number of carbonyl (C=O) groups excluding carboxylic acids is 3. The van der Waals surface area contributed by atoms with Crippen molar-refractivity contribution in [2.24, 2.45) is 0 Å². The molecule has 0 aromatic heterocycles. The van der Waals surface area contributed by atoms with Crippen molar-refractivity contribution >= 4 is 17.8 Å². The van der Waals surface area contributed by atoms with E-state index >= 15 is 0 Å². The van der Waals surface area contributed by atoms with Gasteiger partial charge in [0.15, 0.2) is 0 Å². The van der Waals surface area contributed by atoms with Gasteiger partial charge >= 0.3 is 5.97 Å². The normalized spacial score (nSPS) is 19.9. The van der Waals surface area contributed by atoms with Crippen LogP contribution < -0.4 is 5.32 Å².